The highest BCUT2D eigenvalue weighted by Crippen LogP contribution is 2.39. The van der Waals surface area contributed by atoms with Gasteiger partial charge in [0.2, 0.25) is 11.9 Å². The van der Waals surface area contributed by atoms with Gasteiger partial charge in [-0.15, -0.1) is 0 Å². The lowest BCUT2D eigenvalue weighted by Gasteiger charge is -2.33. The largest absolute Gasteiger partial charge is 0.347 e. The molecule has 1 aromatic heterocycles. The van der Waals surface area contributed by atoms with Crippen LogP contribution in [0.1, 0.15) is 35.3 Å². The lowest BCUT2D eigenvalue weighted by molar-refractivity contribution is -0.122. The second-order valence-electron chi connectivity index (χ2n) is 8.34. The molecule has 10 heteroatoms. The fourth-order valence-corrected chi connectivity index (χ4v) is 5.66. The van der Waals surface area contributed by atoms with E-state index in [1.807, 2.05) is 32.0 Å². The Morgan fingerprint density at radius 3 is 2.67 bits per heavy atom. The van der Waals surface area contributed by atoms with Crippen LogP contribution >= 0.6 is 35.0 Å². The van der Waals surface area contributed by atoms with Crippen molar-refractivity contribution in [1.29, 1.82) is 0 Å². The van der Waals surface area contributed by atoms with E-state index in [1.54, 1.807) is 18.2 Å². The van der Waals surface area contributed by atoms with Crippen molar-refractivity contribution < 1.29 is 9.59 Å². The summed E-state index contributed by atoms with van der Waals surface area (Å²) >= 11 is 14.0. The summed E-state index contributed by atoms with van der Waals surface area (Å²) in [6.45, 7) is 3.96. The number of halogens is 2. The topological polar surface area (TPSA) is 87.2 Å². The van der Waals surface area contributed by atoms with Gasteiger partial charge >= 0.3 is 0 Å². The molecule has 168 valence electrons. The van der Waals surface area contributed by atoms with E-state index in [2.05, 4.69) is 20.6 Å². The summed E-state index contributed by atoms with van der Waals surface area (Å²) < 4.78 is 0. The number of amides is 2. The molecule has 3 heterocycles. The van der Waals surface area contributed by atoms with Gasteiger partial charge in [-0.1, -0.05) is 47.1 Å². The third kappa shape index (κ3) is 4.03. The zero-order chi connectivity index (χ0) is 23.3. The van der Waals surface area contributed by atoms with Crippen LogP contribution < -0.4 is 15.5 Å². The first-order chi connectivity index (χ1) is 15.7. The van der Waals surface area contributed by atoms with Crippen LogP contribution in [0.3, 0.4) is 0 Å². The minimum absolute atomic E-state index is 0.00669. The van der Waals surface area contributed by atoms with E-state index < -0.39 is 5.54 Å². The molecule has 2 aliphatic heterocycles. The number of fused-ring (bicyclic) bond motifs is 2. The predicted octanol–water partition coefficient (Wildman–Crippen LogP) is 5.14. The van der Waals surface area contributed by atoms with E-state index in [9.17, 15) is 9.59 Å². The first kappa shape index (κ1) is 22.0. The van der Waals surface area contributed by atoms with Crippen molar-refractivity contribution >= 4 is 64.1 Å². The number of hydrogen-bond donors (Lipinski definition) is 2. The Balaban J connectivity index is 1.40. The molecule has 2 aliphatic rings. The summed E-state index contributed by atoms with van der Waals surface area (Å²) in [4.78, 5) is 35.6. The van der Waals surface area contributed by atoms with Gasteiger partial charge in [0, 0.05) is 11.9 Å². The smallest absolute Gasteiger partial charge is 0.263 e. The van der Waals surface area contributed by atoms with E-state index >= 15 is 0 Å². The van der Waals surface area contributed by atoms with Gasteiger partial charge in [-0.05, 0) is 49.2 Å². The Kier molecular flexibility index (Phi) is 5.47. The van der Waals surface area contributed by atoms with Gasteiger partial charge in [0.25, 0.3) is 5.91 Å². The fourth-order valence-electron chi connectivity index (χ4n) is 4.12. The van der Waals surface area contributed by atoms with Crippen molar-refractivity contribution in [2.45, 2.75) is 30.8 Å². The molecule has 5 rings (SSSR count). The van der Waals surface area contributed by atoms with Gasteiger partial charge in [0.15, 0.2) is 0 Å². The van der Waals surface area contributed by atoms with Crippen molar-refractivity contribution in [3.05, 3.63) is 69.3 Å². The Bertz CT molecular complexity index is 1290. The maximum Gasteiger partial charge on any atom is 0.263 e. The molecule has 0 radical (unpaired) electrons. The van der Waals surface area contributed by atoms with E-state index in [0.29, 0.717) is 44.6 Å². The van der Waals surface area contributed by atoms with Crippen molar-refractivity contribution in [3.8, 4) is 0 Å². The molecule has 0 unspecified atom stereocenters. The maximum absolute atomic E-state index is 13.1. The molecule has 7 nitrogen and oxygen atoms in total. The molecular weight excluding hydrogens is 481 g/mol. The van der Waals surface area contributed by atoms with Crippen LogP contribution in [0.25, 0.3) is 0 Å². The van der Waals surface area contributed by atoms with Gasteiger partial charge < -0.3 is 10.6 Å². The average Bonchev–Trinajstić information content (AvgIpc) is 2.74. The van der Waals surface area contributed by atoms with Gasteiger partial charge in [-0.3, -0.25) is 14.5 Å². The van der Waals surface area contributed by atoms with Crippen molar-refractivity contribution in [1.82, 2.24) is 15.3 Å². The predicted molar refractivity (Wildman–Crippen MR) is 131 cm³/mol. The summed E-state index contributed by atoms with van der Waals surface area (Å²) in [5.41, 5.74) is 3.26. The summed E-state index contributed by atoms with van der Waals surface area (Å²) in [5.74, 6) is 0.437. The molecule has 0 fully saturated rings. The number of nitrogens with one attached hydrogen (secondary N) is 2. The molecular formula is C23H19Cl2N5O2S. The SMILES string of the molecule is CC1(C)NC(=O)Cc2cc(Nc3ncc4c(n3)SCN(c3c(Cl)cccc3Cl)C4=O)ccc21. The van der Waals surface area contributed by atoms with E-state index in [1.165, 1.54) is 22.9 Å². The second kappa shape index (κ2) is 8.20. The number of nitrogens with zero attached hydrogens (tertiary/aromatic N) is 3. The maximum atomic E-state index is 13.1. The minimum Gasteiger partial charge on any atom is -0.347 e. The number of rotatable bonds is 3. The zero-order valence-corrected chi connectivity index (χ0v) is 20.1. The number of thioether (sulfide) groups is 1. The van der Waals surface area contributed by atoms with Gasteiger partial charge in [0.05, 0.1) is 39.1 Å². The minimum atomic E-state index is -0.418. The van der Waals surface area contributed by atoms with E-state index in [-0.39, 0.29) is 11.8 Å². The van der Waals surface area contributed by atoms with Crippen LogP contribution in [-0.2, 0) is 16.8 Å². The number of hydrogen-bond acceptors (Lipinski definition) is 6. The van der Waals surface area contributed by atoms with Crippen LogP contribution in [-0.4, -0.2) is 27.7 Å². The fraction of sp³-hybridized carbons (Fsp3) is 0.217. The first-order valence-electron chi connectivity index (χ1n) is 10.2. The Hall–Kier alpha value is -2.81. The zero-order valence-electron chi connectivity index (χ0n) is 17.8. The van der Waals surface area contributed by atoms with E-state index in [0.717, 1.165) is 16.8 Å². The van der Waals surface area contributed by atoms with Crippen LogP contribution in [0, 0.1) is 0 Å². The van der Waals surface area contributed by atoms with Crippen molar-refractivity contribution in [3.63, 3.8) is 0 Å². The summed E-state index contributed by atoms with van der Waals surface area (Å²) in [7, 11) is 0. The van der Waals surface area contributed by atoms with E-state index in [4.69, 9.17) is 23.2 Å². The Labute approximate surface area is 204 Å². The lowest BCUT2D eigenvalue weighted by atomic mass is 9.85. The van der Waals surface area contributed by atoms with Crippen LogP contribution in [0.2, 0.25) is 10.0 Å². The van der Waals surface area contributed by atoms with Crippen molar-refractivity contribution in [2.75, 3.05) is 16.1 Å². The summed E-state index contributed by atoms with van der Waals surface area (Å²) in [5, 5.41) is 7.58. The quantitative estimate of drug-likeness (QED) is 0.484. The van der Waals surface area contributed by atoms with Crippen LogP contribution in [0.15, 0.2) is 47.6 Å². The Morgan fingerprint density at radius 1 is 1.15 bits per heavy atom. The van der Waals surface area contributed by atoms with Crippen LogP contribution in [0.4, 0.5) is 17.3 Å². The lowest BCUT2D eigenvalue weighted by Crippen LogP contribution is -2.46. The van der Waals surface area contributed by atoms with Crippen LogP contribution in [0.5, 0.6) is 0 Å². The molecule has 2 amide bonds. The molecule has 2 N–H and O–H groups in total. The monoisotopic (exact) mass is 499 g/mol. The number of aromatic nitrogens is 2. The highest BCUT2D eigenvalue weighted by atomic mass is 35.5. The standard InChI is InChI=1S/C23H19Cl2N5O2S/c1-23(2)15-7-6-13(8-12(15)9-18(31)29-23)27-22-26-10-14-20(28-22)33-11-30(21(14)32)19-16(24)4-3-5-17(19)25/h3-8,10H,9,11H2,1-2H3,(H,29,31)(H,26,27,28). The Morgan fingerprint density at radius 2 is 1.91 bits per heavy atom. The van der Waals surface area contributed by atoms with Gasteiger partial charge in [-0.25, -0.2) is 9.97 Å². The molecule has 0 bridgehead atoms. The first-order valence-corrected chi connectivity index (χ1v) is 11.9. The number of carbonyl (C=O) groups is 2. The molecule has 33 heavy (non-hydrogen) atoms. The molecule has 2 aromatic carbocycles. The molecule has 0 atom stereocenters. The van der Waals surface area contributed by atoms with Gasteiger partial charge in [0.1, 0.15) is 5.03 Å². The van der Waals surface area contributed by atoms with Crippen molar-refractivity contribution in [2.24, 2.45) is 0 Å². The molecule has 0 saturated heterocycles. The normalized spacial score (nSPS) is 16.7. The molecule has 3 aromatic rings. The number of para-hydroxylation sites is 1. The highest BCUT2D eigenvalue weighted by molar-refractivity contribution is 7.99. The number of benzene rings is 2. The summed E-state index contributed by atoms with van der Waals surface area (Å²) in [6, 6.07) is 11.0. The summed E-state index contributed by atoms with van der Waals surface area (Å²) in [6.07, 6.45) is 1.83. The molecule has 0 spiro atoms. The number of anilines is 3. The third-order valence-electron chi connectivity index (χ3n) is 5.60. The molecule has 0 saturated carbocycles. The molecule has 0 aliphatic carbocycles. The van der Waals surface area contributed by atoms with Gasteiger partial charge in [-0.2, -0.15) is 0 Å². The highest BCUT2D eigenvalue weighted by Gasteiger charge is 2.32. The number of carbonyl (C=O) groups excluding carboxylic acids is 2. The second-order valence-corrected chi connectivity index (χ2v) is 10.1. The average molecular weight is 500 g/mol. The third-order valence-corrected chi connectivity index (χ3v) is 7.19.